The third-order valence-corrected chi connectivity index (χ3v) is 16.3. The van der Waals surface area contributed by atoms with Gasteiger partial charge in [-0.3, -0.25) is 14.4 Å². The molecule has 4 bridgehead atoms. The van der Waals surface area contributed by atoms with Gasteiger partial charge in [0.2, 0.25) is 5.78 Å². The topological polar surface area (TPSA) is 127 Å². The van der Waals surface area contributed by atoms with Crippen molar-refractivity contribution in [3.8, 4) is 17.1 Å². The molecule has 4 aromatic rings. The number of nitrogens with zero attached hydrogens (tertiary/aromatic N) is 1. The molecule has 3 aromatic carbocycles. The molecule has 9 rings (SSSR count). The van der Waals surface area contributed by atoms with Gasteiger partial charge < -0.3 is 29.0 Å². The van der Waals surface area contributed by atoms with Crippen LogP contribution in [0.1, 0.15) is 130 Å². The van der Waals surface area contributed by atoms with E-state index in [0.29, 0.717) is 55.2 Å². The van der Waals surface area contributed by atoms with Crippen molar-refractivity contribution in [3.63, 3.8) is 0 Å². The molecule has 2 N–H and O–H groups in total. The lowest BCUT2D eigenvalue weighted by Gasteiger charge is -2.47. The van der Waals surface area contributed by atoms with Crippen LogP contribution in [0, 0.1) is 16.2 Å². The molecule has 2 heterocycles. The summed E-state index contributed by atoms with van der Waals surface area (Å²) in [5, 5.41) is 24.5. The second-order valence-corrected chi connectivity index (χ2v) is 20.6. The summed E-state index contributed by atoms with van der Waals surface area (Å²) in [7, 11) is 0. The average Bonchev–Trinajstić information content (AvgIpc) is 3.94. The number of furan rings is 1. The fourth-order valence-corrected chi connectivity index (χ4v) is 11.5. The molecule has 16 heteroatoms. The van der Waals surface area contributed by atoms with Crippen LogP contribution in [0.3, 0.4) is 0 Å². The van der Waals surface area contributed by atoms with E-state index in [4.69, 9.17) is 20.8 Å². The van der Waals surface area contributed by atoms with E-state index >= 15 is 4.79 Å². The monoisotopic (exact) mass is 969 g/mol. The number of esters is 1. The largest absolute Gasteiger partial charge is 0.573 e. The number of benzene rings is 3. The Kier molecular flexibility index (Phi) is 12.6. The van der Waals surface area contributed by atoms with Crippen LogP contribution in [0.5, 0.6) is 5.75 Å². The Hall–Kier alpha value is -5.12. The van der Waals surface area contributed by atoms with E-state index in [0.717, 1.165) is 35.9 Å². The molecule has 2 saturated carbocycles. The lowest BCUT2D eigenvalue weighted by Crippen LogP contribution is -2.60. The number of hydrogen-bond donors (Lipinski definition) is 2. The van der Waals surface area contributed by atoms with E-state index in [1.807, 2.05) is 33.8 Å². The van der Waals surface area contributed by atoms with Gasteiger partial charge in [-0.2, -0.15) is 13.2 Å². The highest BCUT2D eigenvalue weighted by Crippen LogP contribution is 2.66. The number of aliphatic hydroxyl groups is 2. The van der Waals surface area contributed by atoms with Gasteiger partial charge in [-0.05, 0) is 143 Å². The smallest absolute Gasteiger partial charge is 0.453 e. The van der Waals surface area contributed by atoms with Gasteiger partial charge in [-0.15, -0.1) is 13.2 Å². The fraction of sp³-hybridized carbons (Fsp3) is 0.481. The minimum Gasteiger partial charge on any atom is -0.453 e. The van der Waals surface area contributed by atoms with E-state index in [1.54, 1.807) is 19.1 Å². The third kappa shape index (κ3) is 8.65. The first-order valence-electron chi connectivity index (χ1n) is 22.8. The fourth-order valence-electron chi connectivity index (χ4n) is 11.3. The van der Waals surface area contributed by atoms with E-state index in [1.165, 1.54) is 29.2 Å². The Balaban J connectivity index is 1.20. The summed E-state index contributed by atoms with van der Waals surface area (Å²) < 4.78 is 96.7. The summed E-state index contributed by atoms with van der Waals surface area (Å²) in [6.45, 7) is 8.85. The molecule has 0 spiro atoms. The number of carbonyl (C=O) groups excluding carboxylic acids is 3. The zero-order chi connectivity index (χ0) is 49.4. The van der Waals surface area contributed by atoms with Crippen molar-refractivity contribution in [2.24, 2.45) is 16.2 Å². The molecule has 1 saturated heterocycles. The van der Waals surface area contributed by atoms with Gasteiger partial charge in [-0.1, -0.05) is 68.3 Å². The molecule has 68 heavy (non-hydrogen) atoms. The summed E-state index contributed by atoms with van der Waals surface area (Å²) in [5.74, 6) is -2.88. The van der Waals surface area contributed by atoms with Crippen molar-refractivity contribution in [2.75, 3.05) is 6.54 Å². The molecule has 1 aromatic heterocycles. The van der Waals surface area contributed by atoms with Gasteiger partial charge in [-0.25, -0.2) is 0 Å². The first-order chi connectivity index (χ1) is 31.7. The number of aliphatic hydroxyl groups excluding tert-OH is 1. The number of ether oxygens (including phenoxy) is 2. The number of alkyl halides is 6. The van der Waals surface area contributed by atoms with Gasteiger partial charge in [0, 0.05) is 28.5 Å². The second kappa shape index (κ2) is 17.4. The Morgan fingerprint density at radius 1 is 0.897 bits per heavy atom. The quantitative estimate of drug-likeness (QED) is 0.0735. The molecule has 364 valence electrons. The predicted octanol–water partition coefficient (Wildman–Crippen LogP) is 11.9. The SMILES string of the molecule is CC1=CCC[C@@]2(C)[C@@H](CC[C@@]2(O)CN(Cc2ccc(OC(F)(F)F)cc2)C(=O)[C@@]23CC[C@@](C)(C(=O)O2)C3(C)C)c2ccc(cc2C(=O)c2ccc(-c3cc(C(F)(F)F)ccc3Cl)o2)C[C@@H](O)CC1. The molecule has 0 radical (unpaired) electrons. The highest BCUT2D eigenvalue weighted by atomic mass is 35.5. The van der Waals surface area contributed by atoms with Crippen molar-refractivity contribution in [3.05, 3.63) is 123 Å². The van der Waals surface area contributed by atoms with Crippen LogP contribution in [0.15, 0.2) is 88.9 Å². The van der Waals surface area contributed by atoms with Crippen molar-refractivity contribution in [2.45, 2.75) is 135 Å². The predicted molar refractivity (Wildman–Crippen MR) is 239 cm³/mol. The highest BCUT2D eigenvalue weighted by molar-refractivity contribution is 6.33. The molecule has 5 aliphatic rings. The number of fused-ring (bicyclic) bond motifs is 10. The zero-order valence-electron chi connectivity index (χ0n) is 38.4. The highest BCUT2D eigenvalue weighted by Gasteiger charge is 2.76. The standard InChI is InChI=1S/C52H54ClF6NO8/c1-30-7-6-21-47(4)39(36-16-11-32(25-34(61)13-8-30)26-37(36)43(62)42-19-18-41(66-42)38-27-33(51(54,55)56)12-17-40(38)53)20-22-49(47,65)29-60(28-31-9-14-35(15-10-31)67-52(57,58)59)44(63)50-24-23-48(5,45(64)68-50)46(50,2)3/h7,9-12,14-19,26-27,34,39,61,65H,6,8,13,20-25,28-29H2,1-5H3/t34-,39-,47-,48-,49+,50+/m0/s1. The van der Waals surface area contributed by atoms with Crippen LogP contribution in [-0.2, 0) is 33.5 Å². The van der Waals surface area contributed by atoms with Gasteiger partial charge in [0.05, 0.1) is 34.3 Å². The molecular weight excluding hydrogens is 916 g/mol. The van der Waals surface area contributed by atoms with Gasteiger partial charge in [0.1, 0.15) is 11.5 Å². The zero-order valence-corrected chi connectivity index (χ0v) is 39.1. The summed E-state index contributed by atoms with van der Waals surface area (Å²) in [5.41, 5.74) is -4.47. The molecule has 1 aliphatic heterocycles. The van der Waals surface area contributed by atoms with E-state index in [-0.39, 0.29) is 60.0 Å². The number of rotatable bonds is 9. The number of carbonyl (C=O) groups is 3. The third-order valence-electron chi connectivity index (χ3n) is 16.0. The van der Waals surface area contributed by atoms with Gasteiger partial charge >= 0.3 is 18.5 Å². The van der Waals surface area contributed by atoms with E-state index < -0.39 is 81.0 Å². The van der Waals surface area contributed by atoms with Gasteiger partial charge in [0.15, 0.2) is 11.4 Å². The lowest BCUT2D eigenvalue weighted by molar-refractivity contribution is -0.274. The van der Waals surface area contributed by atoms with Crippen LogP contribution in [0.25, 0.3) is 11.3 Å². The second-order valence-electron chi connectivity index (χ2n) is 20.2. The molecule has 6 atom stereocenters. The number of allylic oxidation sites excluding steroid dienone is 2. The van der Waals surface area contributed by atoms with E-state index in [9.17, 15) is 46.1 Å². The van der Waals surface area contributed by atoms with Crippen LogP contribution in [0.2, 0.25) is 5.02 Å². The normalized spacial score (nSPS) is 28.1. The van der Waals surface area contributed by atoms with Crippen LogP contribution >= 0.6 is 11.6 Å². The molecule has 9 nitrogen and oxygen atoms in total. The number of amides is 1. The molecule has 0 unspecified atom stereocenters. The Bertz CT molecular complexity index is 2660. The number of ketones is 1. The van der Waals surface area contributed by atoms with Crippen molar-refractivity contribution in [1.29, 1.82) is 0 Å². The van der Waals surface area contributed by atoms with Crippen molar-refractivity contribution >= 4 is 29.3 Å². The number of halogens is 7. The Morgan fingerprint density at radius 3 is 2.26 bits per heavy atom. The molecule has 4 aliphatic carbocycles. The minimum atomic E-state index is -4.93. The summed E-state index contributed by atoms with van der Waals surface area (Å²) in [4.78, 5) is 45.1. The number of hydrogen-bond acceptors (Lipinski definition) is 8. The summed E-state index contributed by atoms with van der Waals surface area (Å²) in [6.07, 6.45) is -5.16. The summed E-state index contributed by atoms with van der Waals surface area (Å²) >= 11 is 6.35. The van der Waals surface area contributed by atoms with Gasteiger partial charge in [0.25, 0.3) is 5.91 Å². The van der Waals surface area contributed by atoms with Crippen LogP contribution in [0.4, 0.5) is 26.3 Å². The molecular formula is C52H54ClF6NO8. The Morgan fingerprint density at radius 2 is 1.62 bits per heavy atom. The van der Waals surface area contributed by atoms with Crippen molar-refractivity contribution < 1.29 is 64.8 Å². The van der Waals surface area contributed by atoms with Crippen LogP contribution < -0.4 is 4.74 Å². The minimum absolute atomic E-state index is 0.0222. The lowest BCUT2D eigenvalue weighted by atomic mass is 9.64. The maximum atomic E-state index is 15.3. The van der Waals surface area contributed by atoms with Crippen LogP contribution in [-0.4, -0.2) is 63.0 Å². The molecule has 1 amide bonds. The van der Waals surface area contributed by atoms with E-state index in [2.05, 4.69) is 10.8 Å². The van der Waals surface area contributed by atoms with Crippen molar-refractivity contribution in [1.82, 2.24) is 4.90 Å². The Labute approximate surface area is 395 Å². The average molecular weight is 970 g/mol. The summed E-state index contributed by atoms with van der Waals surface area (Å²) in [6, 6.07) is 15.9. The maximum Gasteiger partial charge on any atom is 0.573 e. The first-order valence-corrected chi connectivity index (χ1v) is 23.2. The maximum absolute atomic E-state index is 15.3. The first kappa shape index (κ1) is 49.3. The molecule has 3 fully saturated rings.